The Labute approximate surface area is 113 Å². The van der Waals surface area contributed by atoms with Gasteiger partial charge in [-0.1, -0.05) is 25.1 Å². The van der Waals surface area contributed by atoms with Gasteiger partial charge in [0.05, 0.1) is 13.5 Å². The first kappa shape index (κ1) is 15.0. The Kier molecular flexibility index (Phi) is 5.85. The van der Waals surface area contributed by atoms with Crippen molar-refractivity contribution in [2.75, 3.05) is 19.5 Å². The second-order valence-electron chi connectivity index (χ2n) is 4.14. The van der Waals surface area contributed by atoms with Crippen LogP contribution in [0.25, 0.3) is 0 Å². The summed E-state index contributed by atoms with van der Waals surface area (Å²) in [6.07, 6.45) is 0.887. The van der Waals surface area contributed by atoms with E-state index in [1.807, 2.05) is 31.2 Å². The van der Waals surface area contributed by atoms with Crippen molar-refractivity contribution in [3.63, 3.8) is 0 Å². The van der Waals surface area contributed by atoms with Crippen LogP contribution in [0.1, 0.15) is 18.9 Å². The average Bonchev–Trinajstić information content (AvgIpc) is 2.45. The number of hydrogen-bond donors (Lipinski definition) is 2. The number of rotatable bonds is 6. The standard InChI is InChI=1S/C14H20N2O3/c1-4-11(14(18)19-3)16-12-8-6-5-7-10(12)9-13(17)15-2/h5-8,11,16H,4,9H2,1-3H3,(H,15,17). The molecule has 5 heteroatoms. The summed E-state index contributed by atoms with van der Waals surface area (Å²) in [6.45, 7) is 1.90. The van der Waals surface area contributed by atoms with Crippen LogP contribution in [0.4, 0.5) is 5.69 Å². The lowest BCUT2D eigenvalue weighted by atomic mass is 10.1. The molecule has 104 valence electrons. The predicted octanol–water partition coefficient (Wildman–Crippen LogP) is 1.34. The van der Waals surface area contributed by atoms with Crippen LogP contribution in [0.3, 0.4) is 0 Å². The topological polar surface area (TPSA) is 67.4 Å². The predicted molar refractivity (Wildman–Crippen MR) is 73.9 cm³/mol. The molecule has 1 unspecified atom stereocenters. The molecule has 1 rings (SSSR count). The van der Waals surface area contributed by atoms with E-state index in [4.69, 9.17) is 4.74 Å². The summed E-state index contributed by atoms with van der Waals surface area (Å²) in [6, 6.07) is 7.03. The van der Waals surface area contributed by atoms with Gasteiger partial charge in [0.25, 0.3) is 0 Å². The van der Waals surface area contributed by atoms with E-state index in [0.29, 0.717) is 6.42 Å². The van der Waals surface area contributed by atoms with Gasteiger partial charge in [0.2, 0.25) is 5.91 Å². The molecule has 2 N–H and O–H groups in total. The number of methoxy groups -OCH3 is 1. The number of para-hydroxylation sites is 1. The van der Waals surface area contributed by atoms with E-state index in [1.165, 1.54) is 7.11 Å². The molecule has 19 heavy (non-hydrogen) atoms. The van der Waals surface area contributed by atoms with E-state index in [1.54, 1.807) is 7.05 Å². The number of ether oxygens (including phenoxy) is 1. The van der Waals surface area contributed by atoms with Gasteiger partial charge in [-0.15, -0.1) is 0 Å². The van der Waals surface area contributed by atoms with Gasteiger partial charge in [-0.25, -0.2) is 4.79 Å². The van der Waals surface area contributed by atoms with Gasteiger partial charge in [0.1, 0.15) is 6.04 Å². The number of carbonyl (C=O) groups excluding carboxylic acids is 2. The molecular formula is C14H20N2O3. The molecule has 5 nitrogen and oxygen atoms in total. The first-order valence-corrected chi connectivity index (χ1v) is 6.25. The van der Waals surface area contributed by atoms with Gasteiger partial charge in [0, 0.05) is 12.7 Å². The summed E-state index contributed by atoms with van der Waals surface area (Å²) in [4.78, 5) is 23.0. The molecule has 0 radical (unpaired) electrons. The molecular weight excluding hydrogens is 244 g/mol. The lowest BCUT2D eigenvalue weighted by Gasteiger charge is -2.18. The van der Waals surface area contributed by atoms with Gasteiger partial charge in [-0.3, -0.25) is 4.79 Å². The number of amides is 1. The van der Waals surface area contributed by atoms with Crippen LogP contribution in [0.2, 0.25) is 0 Å². The summed E-state index contributed by atoms with van der Waals surface area (Å²) in [5, 5.41) is 5.71. The SMILES string of the molecule is CCC(Nc1ccccc1CC(=O)NC)C(=O)OC. The largest absolute Gasteiger partial charge is 0.467 e. The van der Waals surface area contributed by atoms with Crippen LogP contribution in [0.15, 0.2) is 24.3 Å². The van der Waals surface area contributed by atoms with Crippen LogP contribution < -0.4 is 10.6 Å². The van der Waals surface area contributed by atoms with Crippen LogP contribution in [-0.2, 0) is 20.7 Å². The Morgan fingerprint density at radius 2 is 2.00 bits per heavy atom. The third kappa shape index (κ3) is 4.28. The maximum Gasteiger partial charge on any atom is 0.328 e. The van der Waals surface area contributed by atoms with Crippen LogP contribution in [0, 0.1) is 0 Å². The molecule has 0 saturated heterocycles. The van der Waals surface area contributed by atoms with Crippen molar-refractivity contribution in [3.05, 3.63) is 29.8 Å². The summed E-state index contributed by atoms with van der Waals surface area (Å²) in [5.74, 6) is -0.377. The normalized spacial score (nSPS) is 11.5. The third-order valence-electron chi connectivity index (χ3n) is 2.87. The monoisotopic (exact) mass is 264 g/mol. The molecule has 0 heterocycles. The van der Waals surface area contributed by atoms with E-state index in [0.717, 1.165) is 11.3 Å². The summed E-state index contributed by atoms with van der Waals surface area (Å²) in [7, 11) is 2.96. The number of carbonyl (C=O) groups is 2. The molecule has 0 spiro atoms. The molecule has 0 aliphatic carbocycles. The number of hydrogen-bond acceptors (Lipinski definition) is 4. The van der Waals surface area contributed by atoms with Crippen molar-refractivity contribution >= 4 is 17.6 Å². The lowest BCUT2D eigenvalue weighted by Crippen LogP contribution is -2.30. The first-order chi connectivity index (χ1) is 9.12. The number of esters is 1. The highest BCUT2D eigenvalue weighted by atomic mass is 16.5. The minimum absolute atomic E-state index is 0.0691. The second-order valence-corrected chi connectivity index (χ2v) is 4.14. The zero-order valence-electron chi connectivity index (χ0n) is 11.5. The van der Waals surface area contributed by atoms with Gasteiger partial charge < -0.3 is 15.4 Å². The van der Waals surface area contributed by atoms with Crippen LogP contribution in [0.5, 0.6) is 0 Å². The van der Waals surface area contributed by atoms with E-state index >= 15 is 0 Å². The number of likely N-dealkylation sites (N-methyl/N-ethyl adjacent to an activating group) is 1. The van der Waals surface area contributed by atoms with Crippen molar-refractivity contribution in [1.82, 2.24) is 5.32 Å². The molecule has 0 saturated carbocycles. The molecule has 1 aromatic carbocycles. The second kappa shape index (κ2) is 7.41. The quantitative estimate of drug-likeness (QED) is 0.761. The maximum absolute atomic E-state index is 11.6. The zero-order chi connectivity index (χ0) is 14.3. The van der Waals surface area contributed by atoms with E-state index in [2.05, 4.69) is 10.6 Å². The van der Waals surface area contributed by atoms with E-state index < -0.39 is 6.04 Å². The van der Waals surface area contributed by atoms with Crippen molar-refractivity contribution in [2.24, 2.45) is 0 Å². The van der Waals surface area contributed by atoms with Crippen molar-refractivity contribution in [2.45, 2.75) is 25.8 Å². The third-order valence-corrected chi connectivity index (χ3v) is 2.87. The Bertz CT molecular complexity index is 446. The lowest BCUT2D eigenvalue weighted by molar-refractivity contribution is -0.141. The molecule has 1 amide bonds. The molecule has 0 bridgehead atoms. The maximum atomic E-state index is 11.6. The molecule has 0 fully saturated rings. The van der Waals surface area contributed by atoms with Gasteiger partial charge in [0.15, 0.2) is 0 Å². The highest BCUT2D eigenvalue weighted by Gasteiger charge is 2.18. The average molecular weight is 264 g/mol. The first-order valence-electron chi connectivity index (χ1n) is 6.25. The van der Waals surface area contributed by atoms with Crippen molar-refractivity contribution in [3.8, 4) is 0 Å². The molecule has 1 atom stereocenters. The fourth-order valence-electron chi connectivity index (χ4n) is 1.73. The molecule has 0 aliphatic rings. The smallest absolute Gasteiger partial charge is 0.328 e. The van der Waals surface area contributed by atoms with Crippen LogP contribution in [-0.4, -0.2) is 32.1 Å². The number of nitrogens with one attached hydrogen (secondary N) is 2. The Morgan fingerprint density at radius 3 is 2.58 bits per heavy atom. The number of anilines is 1. The molecule has 1 aromatic rings. The fraction of sp³-hybridized carbons (Fsp3) is 0.429. The van der Waals surface area contributed by atoms with Crippen molar-refractivity contribution in [1.29, 1.82) is 0 Å². The van der Waals surface area contributed by atoms with E-state index in [9.17, 15) is 9.59 Å². The highest BCUT2D eigenvalue weighted by molar-refractivity contribution is 5.82. The minimum atomic E-state index is -0.407. The summed E-state index contributed by atoms with van der Waals surface area (Å²) in [5.41, 5.74) is 1.63. The minimum Gasteiger partial charge on any atom is -0.467 e. The van der Waals surface area contributed by atoms with Gasteiger partial charge >= 0.3 is 5.97 Å². The van der Waals surface area contributed by atoms with Gasteiger partial charge in [-0.2, -0.15) is 0 Å². The van der Waals surface area contributed by atoms with Gasteiger partial charge in [-0.05, 0) is 18.1 Å². The van der Waals surface area contributed by atoms with Crippen molar-refractivity contribution < 1.29 is 14.3 Å². The number of benzene rings is 1. The summed E-state index contributed by atoms with van der Waals surface area (Å²) >= 11 is 0. The summed E-state index contributed by atoms with van der Waals surface area (Å²) < 4.78 is 4.74. The van der Waals surface area contributed by atoms with E-state index in [-0.39, 0.29) is 18.3 Å². The van der Waals surface area contributed by atoms with Crippen LogP contribution >= 0.6 is 0 Å². The fourth-order valence-corrected chi connectivity index (χ4v) is 1.73. The molecule has 0 aliphatic heterocycles. The molecule has 0 aromatic heterocycles. The highest BCUT2D eigenvalue weighted by Crippen LogP contribution is 2.18. The Balaban J connectivity index is 2.87. The Hall–Kier alpha value is -2.04. The zero-order valence-corrected chi connectivity index (χ0v) is 11.5. The Morgan fingerprint density at radius 1 is 1.32 bits per heavy atom.